The maximum Gasteiger partial charge on any atom is 0.226 e. The molecule has 0 aromatic heterocycles. The van der Waals surface area contributed by atoms with Gasteiger partial charge < -0.3 is 5.32 Å². The molecule has 64 valence electrons. The molecule has 0 spiro atoms. The van der Waals surface area contributed by atoms with E-state index in [1.165, 1.54) is 0 Å². The van der Waals surface area contributed by atoms with Gasteiger partial charge in [0.15, 0.2) is 0 Å². The van der Waals surface area contributed by atoms with Gasteiger partial charge in [0.05, 0.1) is 5.41 Å². The van der Waals surface area contributed by atoms with E-state index >= 15 is 0 Å². The number of amides is 1. The summed E-state index contributed by atoms with van der Waals surface area (Å²) in [5, 5.41) is 2.97. The summed E-state index contributed by atoms with van der Waals surface area (Å²) in [7, 11) is 0. The Bertz CT molecular complexity index is 161. The van der Waals surface area contributed by atoms with E-state index in [9.17, 15) is 4.79 Å². The van der Waals surface area contributed by atoms with Crippen molar-refractivity contribution in [2.24, 2.45) is 5.41 Å². The summed E-state index contributed by atoms with van der Waals surface area (Å²) in [6.45, 7) is 6.27. The lowest BCUT2D eigenvalue weighted by Crippen LogP contribution is -2.30. The fraction of sp³-hybridized carbons (Fsp3) is 0.889. The van der Waals surface area contributed by atoms with Gasteiger partial charge in [-0.05, 0) is 26.2 Å². The van der Waals surface area contributed by atoms with Crippen LogP contribution in [-0.2, 0) is 4.79 Å². The zero-order chi connectivity index (χ0) is 8.48. The summed E-state index contributed by atoms with van der Waals surface area (Å²) in [5.41, 5.74) is -0.0422. The van der Waals surface area contributed by atoms with Crippen LogP contribution in [0.5, 0.6) is 0 Å². The molecular formula is C9H17NO. The molecule has 11 heavy (non-hydrogen) atoms. The highest BCUT2D eigenvalue weighted by molar-refractivity contribution is 5.85. The summed E-state index contributed by atoms with van der Waals surface area (Å²) >= 11 is 0. The van der Waals surface area contributed by atoms with Gasteiger partial charge in [0.2, 0.25) is 5.91 Å². The van der Waals surface area contributed by atoms with Crippen molar-refractivity contribution < 1.29 is 4.79 Å². The third-order valence-corrected chi connectivity index (χ3v) is 2.91. The van der Waals surface area contributed by atoms with E-state index in [0.717, 1.165) is 19.3 Å². The highest BCUT2D eigenvalue weighted by Crippen LogP contribution is 2.36. The average Bonchev–Trinajstić information content (AvgIpc) is 2.27. The second-order valence-electron chi connectivity index (χ2n) is 3.57. The van der Waals surface area contributed by atoms with Crippen molar-refractivity contribution >= 4 is 5.91 Å². The zero-order valence-corrected chi connectivity index (χ0v) is 7.61. The van der Waals surface area contributed by atoms with Crippen LogP contribution in [0.3, 0.4) is 0 Å². The highest BCUT2D eigenvalue weighted by Gasteiger charge is 2.41. The van der Waals surface area contributed by atoms with Gasteiger partial charge >= 0.3 is 0 Å². The fourth-order valence-corrected chi connectivity index (χ4v) is 1.97. The van der Waals surface area contributed by atoms with Gasteiger partial charge in [-0.1, -0.05) is 13.8 Å². The van der Waals surface area contributed by atoms with Gasteiger partial charge in [-0.25, -0.2) is 0 Å². The maximum absolute atomic E-state index is 11.5. The largest absolute Gasteiger partial charge is 0.353 e. The van der Waals surface area contributed by atoms with E-state index in [2.05, 4.69) is 26.1 Å². The highest BCUT2D eigenvalue weighted by atomic mass is 16.2. The molecule has 0 radical (unpaired) electrons. The van der Waals surface area contributed by atoms with Crippen LogP contribution in [0.25, 0.3) is 0 Å². The standard InChI is InChI=1S/C9H17NO/c1-4-9(5-2)6-7(3)10-8(9)11/h7H,4-6H2,1-3H3,(H,10,11). The summed E-state index contributed by atoms with van der Waals surface area (Å²) in [6, 6.07) is 0.377. The van der Waals surface area contributed by atoms with Crippen LogP contribution in [-0.4, -0.2) is 11.9 Å². The van der Waals surface area contributed by atoms with Crippen LogP contribution in [0.1, 0.15) is 40.0 Å². The van der Waals surface area contributed by atoms with Gasteiger partial charge in [0, 0.05) is 6.04 Å². The topological polar surface area (TPSA) is 29.1 Å². The first-order chi connectivity index (χ1) is 5.14. The molecule has 0 aromatic rings. The van der Waals surface area contributed by atoms with Crippen molar-refractivity contribution in [3.63, 3.8) is 0 Å². The molecule has 1 atom stereocenters. The van der Waals surface area contributed by atoms with Crippen molar-refractivity contribution in [2.75, 3.05) is 0 Å². The van der Waals surface area contributed by atoms with Crippen LogP contribution in [0.15, 0.2) is 0 Å². The lowest BCUT2D eigenvalue weighted by Gasteiger charge is -2.21. The molecule has 0 bridgehead atoms. The first-order valence-electron chi connectivity index (χ1n) is 4.45. The quantitative estimate of drug-likeness (QED) is 0.646. The lowest BCUT2D eigenvalue weighted by atomic mass is 9.80. The Morgan fingerprint density at radius 3 is 2.27 bits per heavy atom. The van der Waals surface area contributed by atoms with E-state index in [1.807, 2.05) is 0 Å². The fourth-order valence-electron chi connectivity index (χ4n) is 1.97. The third kappa shape index (κ3) is 1.26. The molecule has 1 aliphatic rings. The molecule has 0 aliphatic carbocycles. The van der Waals surface area contributed by atoms with Crippen molar-refractivity contribution in [1.29, 1.82) is 0 Å². The maximum atomic E-state index is 11.5. The van der Waals surface area contributed by atoms with Gasteiger partial charge in [0.1, 0.15) is 0 Å². The molecule has 1 N–H and O–H groups in total. The Balaban J connectivity index is 2.76. The van der Waals surface area contributed by atoms with Crippen molar-refractivity contribution in [3.05, 3.63) is 0 Å². The van der Waals surface area contributed by atoms with Gasteiger partial charge in [-0.15, -0.1) is 0 Å². The van der Waals surface area contributed by atoms with Crippen molar-refractivity contribution in [3.8, 4) is 0 Å². The molecule has 0 saturated carbocycles. The molecular weight excluding hydrogens is 138 g/mol. The normalized spacial score (nSPS) is 28.6. The first-order valence-corrected chi connectivity index (χ1v) is 4.45. The number of hydrogen-bond acceptors (Lipinski definition) is 1. The number of nitrogens with one attached hydrogen (secondary N) is 1. The van der Waals surface area contributed by atoms with E-state index in [0.29, 0.717) is 6.04 Å². The van der Waals surface area contributed by atoms with Crippen LogP contribution < -0.4 is 5.32 Å². The SMILES string of the molecule is CCC1(CC)CC(C)NC1=O. The van der Waals surface area contributed by atoms with Gasteiger partial charge in [-0.3, -0.25) is 4.79 Å². The third-order valence-electron chi connectivity index (χ3n) is 2.91. The molecule has 2 nitrogen and oxygen atoms in total. The summed E-state index contributed by atoms with van der Waals surface area (Å²) in [5.74, 6) is 0.259. The Labute approximate surface area is 68.4 Å². The predicted octanol–water partition coefficient (Wildman–Crippen LogP) is 1.70. The van der Waals surface area contributed by atoms with Crippen LogP contribution in [0.2, 0.25) is 0 Å². The Morgan fingerprint density at radius 1 is 1.55 bits per heavy atom. The van der Waals surface area contributed by atoms with E-state index in [1.54, 1.807) is 0 Å². The Hall–Kier alpha value is -0.530. The van der Waals surface area contributed by atoms with E-state index in [4.69, 9.17) is 0 Å². The predicted molar refractivity (Wildman–Crippen MR) is 45.2 cm³/mol. The zero-order valence-electron chi connectivity index (χ0n) is 7.61. The molecule has 0 aromatic carbocycles. The molecule has 1 saturated heterocycles. The second kappa shape index (κ2) is 2.84. The minimum absolute atomic E-state index is 0.0422. The number of hydrogen-bond donors (Lipinski definition) is 1. The molecule has 1 aliphatic heterocycles. The minimum Gasteiger partial charge on any atom is -0.353 e. The monoisotopic (exact) mass is 155 g/mol. The van der Waals surface area contributed by atoms with Crippen molar-refractivity contribution in [2.45, 2.75) is 46.1 Å². The van der Waals surface area contributed by atoms with Gasteiger partial charge in [-0.2, -0.15) is 0 Å². The van der Waals surface area contributed by atoms with Crippen LogP contribution >= 0.6 is 0 Å². The lowest BCUT2D eigenvalue weighted by molar-refractivity contribution is -0.128. The molecule has 1 unspecified atom stereocenters. The van der Waals surface area contributed by atoms with Crippen LogP contribution in [0.4, 0.5) is 0 Å². The molecule has 2 heteroatoms. The van der Waals surface area contributed by atoms with E-state index in [-0.39, 0.29) is 11.3 Å². The van der Waals surface area contributed by atoms with Gasteiger partial charge in [0.25, 0.3) is 0 Å². The summed E-state index contributed by atoms with van der Waals surface area (Å²) in [6.07, 6.45) is 2.96. The van der Waals surface area contributed by atoms with Crippen LogP contribution in [0, 0.1) is 5.41 Å². The summed E-state index contributed by atoms with van der Waals surface area (Å²) in [4.78, 5) is 11.5. The second-order valence-corrected chi connectivity index (χ2v) is 3.57. The minimum atomic E-state index is -0.0422. The first kappa shape index (κ1) is 8.57. The molecule has 1 rings (SSSR count). The number of carbonyl (C=O) groups is 1. The van der Waals surface area contributed by atoms with Crippen molar-refractivity contribution in [1.82, 2.24) is 5.32 Å². The Morgan fingerprint density at radius 2 is 2.09 bits per heavy atom. The smallest absolute Gasteiger partial charge is 0.226 e. The average molecular weight is 155 g/mol. The molecule has 1 amide bonds. The summed E-state index contributed by atoms with van der Waals surface area (Å²) < 4.78 is 0. The Kier molecular flexibility index (Phi) is 2.21. The number of rotatable bonds is 2. The van der Waals surface area contributed by atoms with E-state index < -0.39 is 0 Å². The number of carbonyl (C=O) groups excluding carboxylic acids is 1. The molecule has 1 fully saturated rings. The molecule has 1 heterocycles.